The van der Waals surface area contributed by atoms with E-state index in [4.69, 9.17) is 16.3 Å². The third-order valence-electron chi connectivity index (χ3n) is 5.52. The van der Waals surface area contributed by atoms with Gasteiger partial charge in [0, 0.05) is 19.0 Å². The van der Waals surface area contributed by atoms with Gasteiger partial charge in [-0.15, -0.1) is 0 Å². The number of aryl methyl sites for hydroxylation is 1. The van der Waals surface area contributed by atoms with Crippen LogP contribution in [0.25, 0.3) is 0 Å². The predicted molar refractivity (Wildman–Crippen MR) is 101 cm³/mol. The lowest BCUT2D eigenvalue weighted by molar-refractivity contribution is -0.129. The lowest BCUT2D eigenvalue weighted by Gasteiger charge is -2.47. The number of hydrogen-bond donors (Lipinski definition) is 2. The SMILES string of the molecule is CCCc1[nH]nc(C(=O)Cc2ccc(C34CCC(CO3)NC4)cc2)c1Cl. The summed E-state index contributed by atoms with van der Waals surface area (Å²) in [6.07, 6.45) is 4.25. The predicted octanol–water partition coefficient (Wildman–Crippen LogP) is 3.42. The van der Waals surface area contributed by atoms with Crippen LogP contribution in [0.5, 0.6) is 0 Å². The van der Waals surface area contributed by atoms with Crippen molar-refractivity contribution in [3.05, 3.63) is 51.8 Å². The molecule has 26 heavy (non-hydrogen) atoms. The number of carbonyl (C=O) groups is 1. The molecule has 3 fully saturated rings. The minimum absolute atomic E-state index is 0.0596. The fraction of sp³-hybridized carbons (Fsp3) is 0.500. The summed E-state index contributed by atoms with van der Waals surface area (Å²) < 4.78 is 6.12. The van der Waals surface area contributed by atoms with Gasteiger partial charge in [-0.05, 0) is 30.4 Å². The van der Waals surface area contributed by atoms with E-state index in [1.54, 1.807) is 0 Å². The highest BCUT2D eigenvalue weighted by Crippen LogP contribution is 2.38. The first kappa shape index (κ1) is 17.7. The summed E-state index contributed by atoms with van der Waals surface area (Å²) in [5.74, 6) is -0.0596. The van der Waals surface area contributed by atoms with E-state index in [2.05, 4.69) is 34.6 Å². The van der Waals surface area contributed by atoms with Gasteiger partial charge in [0.1, 0.15) is 11.3 Å². The van der Waals surface area contributed by atoms with E-state index in [1.165, 1.54) is 5.56 Å². The highest BCUT2D eigenvalue weighted by Gasteiger charge is 2.42. The van der Waals surface area contributed by atoms with Crippen molar-refractivity contribution >= 4 is 17.4 Å². The van der Waals surface area contributed by atoms with Gasteiger partial charge in [0.15, 0.2) is 5.78 Å². The van der Waals surface area contributed by atoms with Crippen LogP contribution in [0.4, 0.5) is 0 Å². The van der Waals surface area contributed by atoms with E-state index in [9.17, 15) is 4.79 Å². The van der Waals surface area contributed by atoms with Crippen LogP contribution in [0.15, 0.2) is 24.3 Å². The summed E-state index contributed by atoms with van der Waals surface area (Å²) in [6, 6.07) is 8.71. The van der Waals surface area contributed by atoms with Gasteiger partial charge < -0.3 is 10.1 Å². The van der Waals surface area contributed by atoms with Gasteiger partial charge in [-0.1, -0.05) is 49.2 Å². The van der Waals surface area contributed by atoms with Gasteiger partial charge in [-0.2, -0.15) is 5.10 Å². The molecule has 5 nitrogen and oxygen atoms in total. The lowest BCUT2D eigenvalue weighted by Crippen LogP contribution is -2.57. The molecule has 1 aromatic carbocycles. The topological polar surface area (TPSA) is 67.0 Å². The molecule has 138 valence electrons. The fourth-order valence-electron chi connectivity index (χ4n) is 3.92. The summed E-state index contributed by atoms with van der Waals surface area (Å²) >= 11 is 6.29. The molecule has 2 aromatic rings. The zero-order valence-corrected chi connectivity index (χ0v) is 15.7. The molecule has 0 aliphatic carbocycles. The van der Waals surface area contributed by atoms with Crippen LogP contribution in [-0.4, -0.2) is 35.2 Å². The molecule has 2 N–H and O–H groups in total. The Bertz CT molecular complexity index is 778. The van der Waals surface area contributed by atoms with Crippen molar-refractivity contribution in [2.75, 3.05) is 13.2 Å². The third-order valence-corrected chi connectivity index (χ3v) is 5.93. The molecular weight excluding hydrogens is 350 g/mol. The Morgan fingerprint density at radius 2 is 2.19 bits per heavy atom. The summed E-state index contributed by atoms with van der Waals surface area (Å²) in [6.45, 7) is 3.70. The van der Waals surface area contributed by atoms with Crippen molar-refractivity contribution in [2.45, 2.75) is 50.7 Å². The zero-order chi connectivity index (χ0) is 18.1. The average Bonchev–Trinajstić information content (AvgIpc) is 3.05. The Kier molecular flexibility index (Phi) is 4.86. The molecule has 3 aliphatic heterocycles. The van der Waals surface area contributed by atoms with Crippen LogP contribution in [0.1, 0.15) is 53.5 Å². The van der Waals surface area contributed by atoms with Gasteiger partial charge in [0.05, 0.1) is 17.3 Å². The lowest BCUT2D eigenvalue weighted by atomic mass is 9.81. The summed E-state index contributed by atoms with van der Waals surface area (Å²) in [7, 11) is 0. The second-order valence-electron chi connectivity index (χ2n) is 7.33. The summed E-state index contributed by atoms with van der Waals surface area (Å²) in [5.41, 5.74) is 3.12. The molecule has 0 radical (unpaired) electrons. The molecule has 2 bridgehead atoms. The monoisotopic (exact) mass is 373 g/mol. The van der Waals surface area contributed by atoms with Gasteiger partial charge in [0.25, 0.3) is 0 Å². The van der Waals surface area contributed by atoms with E-state index in [-0.39, 0.29) is 11.4 Å². The number of hydrogen-bond acceptors (Lipinski definition) is 4. The molecule has 1 aromatic heterocycles. The fourth-order valence-corrected chi connectivity index (χ4v) is 4.21. The number of rotatable bonds is 6. The van der Waals surface area contributed by atoms with Gasteiger partial charge in [0.2, 0.25) is 0 Å². The smallest absolute Gasteiger partial charge is 0.188 e. The van der Waals surface area contributed by atoms with E-state index in [1.807, 2.05) is 12.1 Å². The third kappa shape index (κ3) is 3.20. The maximum absolute atomic E-state index is 12.6. The number of aromatic amines is 1. The van der Waals surface area contributed by atoms with Crippen LogP contribution in [0.3, 0.4) is 0 Å². The second-order valence-corrected chi connectivity index (χ2v) is 7.71. The Balaban J connectivity index is 1.47. The molecule has 0 spiro atoms. The molecule has 3 saturated heterocycles. The van der Waals surface area contributed by atoms with Crippen LogP contribution in [0.2, 0.25) is 5.02 Å². The zero-order valence-electron chi connectivity index (χ0n) is 15.0. The minimum Gasteiger partial charge on any atom is -0.367 e. The number of ether oxygens (including phenoxy) is 1. The quantitative estimate of drug-likeness (QED) is 0.761. The van der Waals surface area contributed by atoms with Crippen LogP contribution in [0, 0.1) is 0 Å². The molecule has 2 atom stereocenters. The normalized spacial score (nSPS) is 24.8. The first-order valence-electron chi connectivity index (χ1n) is 9.34. The van der Waals surface area contributed by atoms with E-state index < -0.39 is 0 Å². The number of Topliss-reactive ketones (excluding diaryl/α,β-unsaturated/α-hetero) is 1. The number of benzene rings is 1. The van der Waals surface area contributed by atoms with E-state index in [0.29, 0.717) is 23.2 Å². The number of carbonyl (C=O) groups excluding carboxylic acids is 1. The van der Waals surface area contributed by atoms with Crippen LogP contribution in [-0.2, 0) is 23.2 Å². The molecule has 5 rings (SSSR count). The standard InChI is InChI=1S/C20H24ClN3O2/c1-2-3-16-18(21)19(24-23-16)17(25)10-13-4-6-14(7-5-13)20-9-8-15(11-26-20)22-12-20/h4-7,15,22H,2-3,8-12H2,1H3,(H,23,24). The number of aromatic nitrogens is 2. The molecule has 2 unspecified atom stereocenters. The van der Waals surface area contributed by atoms with Crippen molar-refractivity contribution in [1.29, 1.82) is 0 Å². The van der Waals surface area contributed by atoms with Crippen molar-refractivity contribution in [1.82, 2.24) is 15.5 Å². The molecule has 0 saturated carbocycles. The highest BCUT2D eigenvalue weighted by molar-refractivity contribution is 6.34. The molecular formula is C20H24ClN3O2. The number of nitrogens with zero attached hydrogens (tertiary/aromatic N) is 1. The number of halogens is 1. The molecule has 6 heteroatoms. The summed E-state index contributed by atoms with van der Waals surface area (Å²) in [5, 5.41) is 11.0. The van der Waals surface area contributed by atoms with Gasteiger partial charge in [-0.25, -0.2) is 0 Å². The Hall–Kier alpha value is -1.69. The maximum atomic E-state index is 12.6. The number of fused-ring (bicyclic) bond motifs is 3. The van der Waals surface area contributed by atoms with Crippen molar-refractivity contribution in [3.8, 4) is 0 Å². The van der Waals surface area contributed by atoms with Gasteiger partial charge in [-0.3, -0.25) is 9.89 Å². The van der Waals surface area contributed by atoms with Crippen molar-refractivity contribution < 1.29 is 9.53 Å². The van der Waals surface area contributed by atoms with Gasteiger partial charge >= 0.3 is 0 Å². The Labute approximate surface area is 158 Å². The summed E-state index contributed by atoms with van der Waals surface area (Å²) in [4.78, 5) is 12.6. The van der Waals surface area contributed by atoms with Crippen LogP contribution >= 0.6 is 11.6 Å². The number of piperidine rings is 1. The highest BCUT2D eigenvalue weighted by atomic mass is 35.5. The van der Waals surface area contributed by atoms with Crippen molar-refractivity contribution in [3.63, 3.8) is 0 Å². The Morgan fingerprint density at radius 1 is 1.38 bits per heavy atom. The van der Waals surface area contributed by atoms with E-state index >= 15 is 0 Å². The first-order valence-corrected chi connectivity index (χ1v) is 9.72. The number of nitrogens with one attached hydrogen (secondary N) is 2. The minimum atomic E-state index is -0.210. The first-order chi connectivity index (χ1) is 12.6. The largest absolute Gasteiger partial charge is 0.367 e. The maximum Gasteiger partial charge on any atom is 0.188 e. The number of H-pyrrole nitrogens is 1. The Morgan fingerprint density at radius 3 is 2.81 bits per heavy atom. The molecule has 3 aliphatic rings. The average molecular weight is 374 g/mol. The molecule has 0 amide bonds. The second kappa shape index (κ2) is 7.14. The molecule has 4 heterocycles. The van der Waals surface area contributed by atoms with E-state index in [0.717, 1.165) is 50.1 Å². The number of morpholine rings is 1. The van der Waals surface area contributed by atoms with Crippen molar-refractivity contribution in [2.24, 2.45) is 0 Å². The van der Waals surface area contributed by atoms with Crippen LogP contribution < -0.4 is 5.32 Å². The number of ketones is 1.